The molecule has 0 saturated carbocycles. The Morgan fingerprint density at radius 3 is 2.85 bits per heavy atom. The molecule has 4 nitrogen and oxygen atoms in total. The summed E-state index contributed by atoms with van der Waals surface area (Å²) in [7, 11) is -3.70. The number of halogens is 2. The van der Waals surface area contributed by atoms with Crippen LogP contribution in [0.3, 0.4) is 0 Å². The van der Waals surface area contributed by atoms with Gasteiger partial charge in [0.25, 0.3) is 0 Å². The molecule has 1 atom stereocenters. The van der Waals surface area contributed by atoms with E-state index in [9.17, 15) is 17.2 Å². The molecule has 0 N–H and O–H groups in total. The Morgan fingerprint density at radius 1 is 1.15 bits per heavy atom. The van der Waals surface area contributed by atoms with Crippen LogP contribution < -0.4 is 4.74 Å². The molecule has 1 saturated heterocycles. The third-order valence-corrected chi connectivity index (χ3v) is 6.87. The van der Waals surface area contributed by atoms with Gasteiger partial charge in [-0.15, -0.1) is 0 Å². The molecule has 1 fully saturated rings. The highest BCUT2D eigenvalue weighted by Gasteiger charge is 2.33. The van der Waals surface area contributed by atoms with Crippen LogP contribution in [0.2, 0.25) is 0 Å². The minimum atomic E-state index is -3.70. The van der Waals surface area contributed by atoms with Gasteiger partial charge in [0.2, 0.25) is 10.0 Å². The van der Waals surface area contributed by atoms with Crippen molar-refractivity contribution < 1.29 is 21.9 Å². The maximum atomic E-state index is 13.8. The molecule has 2 aromatic rings. The van der Waals surface area contributed by atoms with Crippen LogP contribution in [0.1, 0.15) is 29.0 Å². The molecule has 0 aliphatic carbocycles. The van der Waals surface area contributed by atoms with Crippen LogP contribution in [0.4, 0.5) is 8.78 Å². The monoisotopic (exact) mass is 379 g/mol. The topological polar surface area (TPSA) is 46.6 Å². The molecule has 0 bridgehead atoms. The summed E-state index contributed by atoms with van der Waals surface area (Å²) in [5.41, 5.74) is 2.12. The van der Waals surface area contributed by atoms with Crippen LogP contribution >= 0.6 is 0 Å². The predicted molar refractivity (Wildman–Crippen MR) is 93.6 cm³/mol. The van der Waals surface area contributed by atoms with Gasteiger partial charge in [0.1, 0.15) is 17.4 Å². The van der Waals surface area contributed by atoms with Crippen LogP contribution in [0.15, 0.2) is 36.4 Å². The summed E-state index contributed by atoms with van der Waals surface area (Å²) in [6.07, 6.45) is 1.58. The lowest BCUT2D eigenvalue weighted by Gasteiger charge is -2.17. The molecule has 2 heterocycles. The first-order valence-electron chi connectivity index (χ1n) is 8.60. The van der Waals surface area contributed by atoms with Gasteiger partial charge in [0.05, 0.1) is 12.4 Å². The number of sulfonamides is 1. The van der Waals surface area contributed by atoms with E-state index in [0.717, 1.165) is 41.5 Å². The van der Waals surface area contributed by atoms with E-state index in [1.165, 1.54) is 4.31 Å². The fraction of sp³-hybridized carbons (Fsp3) is 0.368. The quantitative estimate of drug-likeness (QED) is 0.820. The number of hydrogen-bond acceptors (Lipinski definition) is 3. The number of hydrogen-bond donors (Lipinski definition) is 0. The zero-order chi connectivity index (χ0) is 18.3. The Balaban J connectivity index is 1.50. The molecule has 2 aromatic carbocycles. The largest absolute Gasteiger partial charge is 0.493 e. The van der Waals surface area contributed by atoms with Gasteiger partial charge in [-0.25, -0.2) is 21.5 Å². The first-order chi connectivity index (χ1) is 12.4. The normalized spacial score (nSPS) is 20.2. The maximum absolute atomic E-state index is 13.8. The highest BCUT2D eigenvalue weighted by molar-refractivity contribution is 7.88. The first kappa shape index (κ1) is 17.4. The van der Waals surface area contributed by atoms with Crippen molar-refractivity contribution in [2.45, 2.75) is 24.5 Å². The zero-order valence-corrected chi connectivity index (χ0v) is 14.9. The lowest BCUT2D eigenvalue weighted by atomic mass is 9.96. The standard InChI is InChI=1S/C19H19F2NO3S/c20-17-2-3-18(21)16(10-17)12-26(23,24)22-7-5-15(11-22)13-1-4-19-14(9-13)6-8-25-19/h1-4,9-10,15H,5-8,11-12H2/t15-/m0/s1. The lowest BCUT2D eigenvalue weighted by molar-refractivity contribution is 0.357. The highest BCUT2D eigenvalue weighted by atomic mass is 32.2. The fourth-order valence-electron chi connectivity index (χ4n) is 3.66. The minimum Gasteiger partial charge on any atom is -0.493 e. The van der Waals surface area contributed by atoms with E-state index >= 15 is 0 Å². The van der Waals surface area contributed by atoms with Crippen molar-refractivity contribution in [2.75, 3.05) is 19.7 Å². The van der Waals surface area contributed by atoms with E-state index in [1.807, 2.05) is 12.1 Å². The van der Waals surface area contributed by atoms with E-state index in [-0.39, 0.29) is 11.5 Å². The molecule has 0 unspecified atom stereocenters. The zero-order valence-electron chi connectivity index (χ0n) is 14.1. The Labute approximate surface area is 151 Å². The smallest absolute Gasteiger partial charge is 0.218 e. The Bertz CT molecular complexity index is 946. The highest BCUT2D eigenvalue weighted by Crippen LogP contribution is 2.34. The van der Waals surface area contributed by atoms with Crippen molar-refractivity contribution >= 4 is 10.0 Å². The average molecular weight is 379 g/mol. The molecule has 2 aliphatic rings. The van der Waals surface area contributed by atoms with Gasteiger partial charge in [-0.1, -0.05) is 12.1 Å². The lowest BCUT2D eigenvalue weighted by Crippen LogP contribution is -2.30. The number of ether oxygens (including phenoxy) is 1. The van der Waals surface area contributed by atoms with Gasteiger partial charge in [-0.05, 0) is 47.7 Å². The van der Waals surface area contributed by atoms with Gasteiger partial charge in [-0.3, -0.25) is 0 Å². The predicted octanol–water partition coefficient (Wildman–Crippen LogP) is 3.22. The summed E-state index contributed by atoms with van der Waals surface area (Å²) in [4.78, 5) is 0. The molecular weight excluding hydrogens is 360 g/mol. The molecule has 2 aliphatic heterocycles. The molecular formula is C19H19F2NO3S. The maximum Gasteiger partial charge on any atom is 0.218 e. The first-order valence-corrected chi connectivity index (χ1v) is 10.2. The van der Waals surface area contributed by atoms with Gasteiger partial charge >= 0.3 is 0 Å². The van der Waals surface area contributed by atoms with E-state index in [4.69, 9.17) is 4.74 Å². The van der Waals surface area contributed by atoms with Crippen molar-refractivity contribution in [2.24, 2.45) is 0 Å². The second kappa shape index (κ2) is 6.63. The van der Waals surface area contributed by atoms with Gasteiger partial charge in [0.15, 0.2) is 0 Å². The summed E-state index contributed by atoms with van der Waals surface area (Å²) in [5.74, 6) is -0.868. The van der Waals surface area contributed by atoms with Crippen LogP contribution in [-0.4, -0.2) is 32.4 Å². The fourth-order valence-corrected chi connectivity index (χ4v) is 5.24. The Hall–Kier alpha value is -1.99. The van der Waals surface area contributed by atoms with E-state index in [1.54, 1.807) is 0 Å². The minimum absolute atomic E-state index is 0.105. The third kappa shape index (κ3) is 3.33. The number of benzene rings is 2. The summed E-state index contributed by atoms with van der Waals surface area (Å²) in [6.45, 7) is 1.43. The molecule has 26 heavy (non-hydrogen) atoms. The Morgan fingerprint density at radius 2 is 2.00 bits per heavy atom. The van der Waals surface area contributed by atoms with Gasteiger partial charge in [0, 0.05) is 25.1 Å². The van der Waals surface area contributed by atoms with Crippen LogP contribution in [-0.2, 0) is 22.2 Å². The van der Waals surface area contributed by atoms with Crippen molar-refractivity contribution in [3.8, 4) is 5.75 Å². The van der Waals surface area contributed by atoms with Gasteiger partial charge < -0.3 is 4.74 Å². The summed E-state index contributed by atoms with van der Waals surface area (Å²) >= 11 is 0. The van der Waals surface area contributed by atoms with E-state index in [2.05, 4.69) is 6.07 Å². The second-order valence-corrected chi connectivity index (χ2v) is 8.77. The van der Waals surface area contributed by atoms with Gasteiger partial charge in [-0.2, -0.15) is 0 Å². The van der Waals surface area contributed by atoms with Crippen molar-refractivity contribution in [3.63, 3.8) is 0 Å². The van der Waals surface area contributed by atoms with Crippen molar-refractivity contribution in [3.05, 3.63) is 64.7 Å². The molecule has 7 heteroatoms. The molecule has 0 spiro atoms. The Kier molecular flexibility index (Phi) is 4.44. The number of fused-ring (bicyclic) bond motifs is 1. The summed E-state index contributed by atoms with van der Waals surface area (Å²) in [5, 5.41) is 0. The van der Waals surface area contributed by atoms with Crippen LogP contribution in [0.5, 0.6) is 5.75 Å². The SMILES string of the molecule is O=S(=O)(Cc1cc(F)ccc1F)N1CC[C@H](c2ccc3c(c2)CCO3)C1. The van der Waals surface area contributed by atoms with E-state index < -0.39 is 27.4 Å². The molecule has 4 rings (SSSR count). The van der Waals surface area contributed by atoms with E-state index in [0.29, 0.717) is 26.1 Å². The average Bonchev–Trinajstić information content (AvgIpc) is 3.26. The number of rotatable bonds is 4. The second-order valence-electron chi connectivity index (χ2n) is 6.80. The van der Waals surface area contributed by atoms with Crippen molar-refractivity contribution in [1.29, 1.82) is 0 Å². The third-order valence-electron chi connectivity index (χ3n) is 5.07. The van der Waals surface area contributed by atoms with Crippen LogP contribution in [0.25, 0.3) is 0 Å². The molecule has 0 aromatic heterocycles. The van der Waals surface area contributed by atoms with Crippen LogP contribution in [0, 0.1) is 11.6 Å². The molecule has 0 radical (unpaired) electrons. The molecule has 0 amide bonds. The van der Waals surface area contributed by atoms with Crippen molar-refractivity contribution in [1.82, 2.24) is 4.31 Å². The summed E-state index contributed by atoms with van der Waals surface area (Å²) in [6, 6.07) is 8.90. The number of nitrogens with zero attached hydrogens (tertiary/aromatic N) is 1. The summed E-state index contributed by atoms with van der Waals surface area (Å²) < 4.78 is 59.3. The molecule has 138 valence electrons.